The molecule has 96 valence electrons. The Bertz CT molecular complexity index is 496. The summed E-state index contributed by atoms with van der Waals surface area (Å²) >= 11 is 0. The molecule has 0 radical (unpaired) electrons. The first-order valence-electron chi connectivity index (χ1n) is 5.91. The molecule has 0 amide bonds. The predicted octanol–water partition coefficient (Wildman–Crippen LogP) is 1.43. The van der Waals surface area contributed by atoms with Crippen molar-refractivity contribution in [3.63, 3.8) is 0 Å². The van der Waals surface area contributed by atoms with Crippen LogP contribution in [0, 0.1) is 0 Å². The van der Waals surface area contributed by atoms with E-state index in [2.05, 4.69) is 15.5 Å². The predicted molar refractivity (Wildman–Crippen MR) is 67.7 cm³/mol. The quantitative estimate of drug-likeness (QED) is 0.836. The summed E-state index contributed by atoms with van der Waals surface area (Å²) in [5, 5.41) is 6.99. The van der Waals surface area contributed by atoms with Crippen LogP contribution in [0.25, 0.3) is 0 Å². The van der Waals surface area contributed by atoms with Crippen molar-refractivity contribution < 1.29 is 9.26 Å². The van der Waals surface area contributed by atoms with Crippen molar-refractivity contribution in [3.05, 3.63) is 41.5 Å². The molecule has 0 saturated carbocycles. The zero-order valence-electron chi connectivity index (χ0n) is 10.6. The number of hydrogen-bond donors (Lipinski definition) is 1. The fourth-order valence-corrected chi connectivity index (χ4v) is 1.71. The monoisotopic (exact) mass is 247 g/mol. The third kappa shape index (κ3) is 3.07. The summed E-state index contributed by atoms with van der Waals surface area (Å²) in [4.78, 5) is 4.35. The lowest BCUT2D eigenvalue weighted by Crippen LogP contribution is -2.11. The van der Waals surface area contributed by atoms with Gasteiger partial charge >= 0.3 is 0 Å². The number of aromatic nitrogens is 2. The number of nitrogens with zero attached hydrogens (tertiary/aromatic N) is 2. The van der Waals surface area contributed by atoms with E-state index in [-0.39, 0.29) is 0 Å². The molecule has 0 fully saturated rings. The van der Waals surface area contributed by atoms with E-state index in [0.29, 0.717) is 12.3 Å². The molecule has 0 aliphatic carbocycles. The maximum Gasteiger partial charge on any atom is 0.231 e. The van der Waals surface area contributed by atoms with E-state index >= 15 is 0 Å². The van der Waals surface area contributed by atoms with Crippen molar-refractivity contribution in [1.29, 1.82) is 0 Å². The second-order valence-corrected chi connectivity index (χ2v) is 3.95. The smallest absolute Gasteiger partial charge is 0.231 e. The molecule has 2 aromatic rings. The van der Waals surface area contributed by atoms with Gasteiger partial charge in [0.05, 0.1) is 13.5 Å². The fraction of sp³-hybridized carbons (Fsp3) is 0.385. The molecule has 0 unspecified atom stereocenters. The van der Waals surface area contributed by atoms with Crippen molar-refractivity contribution >= 4 is 0 Å². The first-order chi connectivity index (χ1) is 8.83. The third-order valence-electron chi connectivity index (χ3n) is 2.64. The Morgan fingerprint density at radius 2 is 2.17 bits per heavy atom. The number of para-hydroxylation sites is 1. The standard InChI is InChI=1S/C13H17N3O2/c1-14-8-7-12-15-13(18-16-12)9-10-5-3-4-6-11(10)17-2/h3-6,14H,7-9H2,1-2H3. The topological polar surface area (TPSA) is 60.2 Å². The minimum atomic E-state index is 0.594. The molecule has 1 aromatic carbocycles. The molecule has 1 aromatic heterocycles. The molecule has 5 heteroatoms. The fourth-order valence-electron chi connectivity index (χ4n) is 1.71. The van der Waals surface area contributed by atoms with E-state index in [4.69, 9.17) is 9.26 Å². The van der Waals surface area contributed by atoms with Gasteiger partial charge in [-0.15, -0.1) is 0 Å². The summed E-state index contributed by atoms with van der Waals surface area (Å²) in [7, 11) is 3.56. The van der Waals surface area contributed by atoms with Crippen molar-refractivity contribution in [2.45, 2.75) is 12.8 Å². The van der Waals surface area contributed by atoms with E-state index in [9.17, 15) is 0 Å². The molecular weight excluding hydrogens is 230 g/mol. The number of ether oxygens (including phenoxy) is 1. The van der Waals surface area contributed by atoms with Crippen LogP contribution < -0.4 is 10.1 Å². The second-order valence-electron chi connectivity index (χ2n) is 3.95. The molecule has 0 aliphatic rings. The molecule has 0 spiro atoms. The normalized spacial score (nSPS) is 10.6. The average Bonchev–Trinajstić information content (AvgIpc) is 2.84. The van der Waals surface area contributed by atoms with Crippen molar-refractivity contribution in [1.82, 2.24) is 15.5 Å². The first kappa shape index (κ1) is 12.6. The molecule has 0 aliphatic heterocycles. The molecule has 1 heterocycles. The molecular formula is C13H17N3O2. The van der Waals surface area contributed by atoms with Gasteiger partial charge in [0.1, 0.15) is 5.75 Å². The lowest BCUT2D eigenvalue weighted by molar-refractivity contribution is 0.374. The summed E-state index contributed by atoms with van der Waals surface area (Å²) in [6, 6.07) is 7.83. The number of hydrogen-bond acceptors (Lipinski definition) is 5. The zero-order valence-corrected chi connectivity index (χ0v) is 10.6. The van der Waals surface area contributed by atoms with Crippen molar-refractivity contribution in [2.75, 3.05) is 20.7 Å². The van der Waals surface area contributed by atoms with Gasteiger partial charge in [-0.3, -0.25) is 0 Å². The van der Waals surface area contributed by atoms with Gasteiger partial charge in [-0.1, -0.05) is 23.4 Å². The van der Waals surface area contributed by atoms with Gasteiger partial charge in [-0.25, -0.2) is 0 Å². The van der Waals surface area contributed by atoms with Crippen LogP contribution in [0.4, 0.5) is 0 Å². The largest absolute Gasteiger partial charge is 0.496 e. The van der Waals surface area contributed by atoms with E-state index in [0.717, 1.165) is 30.1 Å². The minimum Gasteiger partial charge on any atom is -0.496 e. The molecule has 0 atom stereocenters. The van der Waals surface area contributed by atoms with Gasteiger partial charge < -0.3 is 14.6 Å². The zero-order chi connectivity index (χ0) is 12.8. The van der Waals surface area contributed by atoms with E-state index < -0.39 is 0 Å². The highest BCUT2D eigenvalue weighted by molar-refractivity contribution is 5.34. The van der Waals surface area contributed by atoms with Crippen LogP contribution in [-0.4, -0.2) is 30.8 Å². The van der Waals surface area contributed by atoms with Gasteiger partial charge in [0, 0.05) is 18.5 Å². The summed E-state index contributed by atoms with van der Waals surface area (Å²) in [6.45, 7) is 0.841. The van der Waals surface area contributed by atoms with Gasteiger partial charge in [-0.05, 0) is 13.1 Å². The molecule has 5 nitrogen and oxygen atoms in total. The summed E-state index contributed by atoms with van der Waals surface area (Å²) < 4.78 is 10.5. The molecule has 18 heavy (non-hydrogen) atoms. The lowest BCUT2D eigenvalue weighted by atomic mass is 10.1. The number of nitrogens with one attached hydrogen (secondary N) is 1. The van der Waals surface area contributed by atoms with E-state index in [1.54, 1.807) is 7.11 Å². The minimum absolute atomic E-state index is 0.594. The number of benzene rings is 1. The molecule has 0 bridgehead atoms. The lowest BCUT2D eigenvalue weighted by Gasteiger charge is -2.04. The average molecular weight is 247 g/mol. The van der Waals surface area contributed by atoms with Crippen molar-refractivity contribution in [2.24, 2.45) is 0 Å². The van der Waals surface area contributed by atoms with Crippen LogP contribution in [0.3, 0.4) is 0 Å². The number of methoxy groups -OCH3 is 1. The summed E-state index contributed by atoms with van der Waals surface area (Å²) in [6.07, 6.45) is 1.36. The molecule has 0 saturated heterocycles. The highest BCUT2D eigenvalue weighted by atomic mass is 16.5. The highest BCUT2D eigenvalue weighted by Gasteiger charge is 2.09. The highest BCUT2D eigenvalue weighted by Crippen LogP contribution is 2.20. The number of likely N-dealkylation sites (N-methyl/N-ethyl adjacent to an activating group) is 1. The maximum absolute atomic E-state index is 5.29. The Morgan fingerprint density at radius 1 is 1.33 bits per heavy atom. The third-order valence-corrected chi connectivity index (χ3v) is 2.64. The van der Waals surface area contributed by atoms with E-state index in [1.807, 2.05) is 31.3 Å². The van der Waals surface area contributed by atoms with Crippen LogP contribution in [0.1, 0.15) is 17.3 Å². The molecule has 1 N–H and O–H groups in total. The Kier molecular flexibility index (Phi) is 4.30. The Balaban J connectivity index is 2.06. The van der Waals surface area contributed by atoms with Crippen LogP contribution in [0.2, 0.25) is 0 Å². The van der Waals surface area contributed by atoms with E-state index in [1.165, 1.54) is 0 Å². The van der Waals surface area contributed by atoms with Gasteiger partial charge in [0.2, 0.25) is 5.89 Å². The van der Waals surface area contributed by atoms with Crippen molar-refractivity contribution in [3.8, 4) is 5.75 Å². The van der Waals surface area contributed by atoms with Crippen LogP contribution >= 0.6 is 0 Å². The second kappa shape index (κ2) is 6.16. The van der Waals surface area contributed by atoms with Crippen LogP contribution in [-0.2, 0) is 12.8 Å². The number of rotatable bonds is 6. The summed E-state index contributed by atoms with van der Waals surface area (Å²) in [5.74, 6) is 2.19. The Morgan fingerprint density at radius 3 is 2.94 bits per heavy atom. The molecule has 2 rings (SSSR count). The summed E-state index contributed by atoms with van der Waals surface area (Å²) in [5.41, 5.74) is 1.05. The Labute approximate surface area is 106 Å². The van der Waals surface area contributed by atoms with Gasteiger partial charge in [0.15, 0.2) is 5.82 Å². The first-order valence-corrected chi connectivity index (χ1v) is 5.91. The SMILES string of the molecule is CNCCc1noc(Cc2ccccc2OC)n1. The Hall–Kier alpha value is -1.88. The van der Waals surface area contributed by atoms with Gasteiger partial charge in [0.25, 0.3) is 0 Å². The van der Waals surface area contributed by atoms with Crippen LogP contribution in [0.5, 0.6) is 5.75 Å². The maximum atomic E-state index is 5.29. The van der Waals surface area contributed by atoms with Gasteiger partial charge in [-0.2, -0.15) is 4.98 Å². The van der Waals surface area contributed by atoms with Crippen LogP contribution in [0.15, 0.2) is 28.8 Å².